The maximum absolute atomic E-state index is 6.74. The van der Waals surface area contributed by atoms with Crippen molar-refractivity contribution in [1.29, 1.82) is 0 Å². The zero-order valence-electron chi connectivity index (χ0n) is 28.2. The molecule has 242 valence electrons. The van der Waals surface area contributed by atoms with Gasteiger partial charge in [-0.1, -0.05) is 141 Å². The van der Waals surface area contributed by atoms with Crippen molar-refractivity contribution < 1.29 is 9.47 Å². The van der Waals surface area contributed by atoms with Gasteiger partial charge in [0.15, 0.2) is 28.8 Å². The van der Waals surface area contributed by atoms with Crippen LogP contribution in [0.25, 0.3) is 66.9 Å². The van der Waals surface area contributed by atoms with Crippen molar-refractivity contribution >= 4 is 10.9 Å². The summed E-state index contributed by atoms with van der Waals surface area (Å²) in [6.07, 6.45) is 0. The van der Waals surface area contributed by atoms with Crippen molar-refractivity contribution in [2.24, 2.45) is 0 Å². The predicted octanol–water partition coefficient (Wildman–Crippen LogP) is 12.5. The highest BCUT2D eigenvalue weighted by Gasteiger charge is 2.37. The highest BCUT2D eigenvalue weighted by atomic mass is 16.6. The van der Waals surface area contributed by atoms with Crippen LogP contribution in [0.4, 0.5) is 0 Å². The first-order valence-corrected chi connectivity index (χ1v) is 17.3. The molecule has 2 aliphatic rings. The Bertz CT molecular complexity index is 2660. The number of nitrogens with zero attached hydrogens (tertiary/aromatic N) is 2. The SMILES string of the molecule is CC1(C)c2ccccc2-c2cc3c(cc21)Oc1cccc(-c2cccc(-c4nc(-c5ccc(-c6ccccc6)cc5)c5ccccc5n4)c2)c1O3. The van der Waals surface area contributed by atoms with Gasteiger partial charge >= 0.3 is 0 Å². The van der Waals surface area contributed by atoms with Gasteiger partial charge in [0, 0.05) is 27.5 Å². The molecule has 1 aromatic heterocycles. The van der Waals surface area contributed by atoms with Gasteiger partial charge in [-0.3, -0.25) is 0 Å². The first-order valence-electron chi connectivity index (χ1n) is 17.3. The van der Waals surface area contributed by atoms with Crippen LogP contribution in [0.3, 0.4) is 0 Å². The maximum Gasteiger partial charge on any atom is 0.177 e. The molecule has 0 N–H and O–H groups in total. The Morgan fingerprint density at radius 1 is 0.431 bits per heavy atom. The number of aromatic nitrogens is 2. The Hall–Kier alpha value is -6.52. The van der Waals surface area contributed by atoms with Crippen LogP contribution >= 0.6 is 0 Å². The lowest BCUT2D eigenvalue weighted by Gasteiger charge is -2.26. The fourth-order valence-electron chi connectivity index (χ4n) is 7.73. The monoisotopic (exact) mass is 656 g/mol. The molecular formula is C47H32N2O2. The van der Waals surface area contributed by atoms with Crippen molar-refractivity contribution in [2.45, 2.75) is 19.3 Å². The molecule has 0 radical (unpaired) electrons. The summed E-state index contributed by atoms with van der Waals surface area (Å²) in [6.45, 7) is 4.55. The summed E-state index contributed by atoms with van der Waals surface area (Å²) >= 11 is 0. The largest absolute Gasteiger partial charge is 0.449 e. The number of benzene rings is 7. The topological polar surface area (TPSA) is 44.2 Å². The Labute approximate surface area is 296 Å². The molecule has 0 bridgehead atoms. The van der Waals surface area contributed by atoms with Crippen LogP contribution in [-0.4, -0.2) is 9.97 Å². The molecule has 0 amide bonds. The molecule has 1 aliphatic carbocycles. The molecule has 0 fully saturated rings. The second kappa shape index (κ2) is 11.3. The van der Waals surface area contributed by atoms with Crippen LogP contribution in [-0.2, 0) is 5.41 Å². The fraction of sp³-hybridized carbons (Fsp3) is 0.0638. The van der Waals surface area contributed by atoms with Gasteiger partial charge in [-0.05, 0) is 69.3 Å². The van der Waals surface area contributed by atoms with Gasteiger partial charge in [-0.2, -0.15) is 0 Å². The van der Waals surface area contributed by atoms with Crippen LogP contribution in [0, 0.1) is 0 Å². The van der Waals surface area contributed by atoms with E-state index in [1.165, 1.54) is 33.4 Å². The molecule has 0 atom stereocenters. The number of rotatable bonds is 4. The van der Waals surface area contributed by atoms with E-state index in [4.69, 9.17) is 19.4 Å². The quantitative estimate of drug-likeness (QED) is 0.189. The van der Waals surface area contributed by atoms with Crippen molar-refractivity contribution in [2.75, 3.05) is 0 Å². The highest BCUT2D eigenvalue weighted by Crippen LogP contribution is 2.56. The molecule has 2 heterocycles. The van der Waals surface area contributed by atoms with E-state index in [1.807, 2.05) is 30.3 Å². The van der Waals surface area contributed by atoms with Crippen LogP contribution in [0.2, 0.25) is 0 Å². The highest BCUT2D eigenvalue weighted by molar-refractivity contribution is 5.94. The van der Waals surface area contributed by atoms with Crippen LogP contribution in [0.5, 0.6) is 23.0 Å². The van der Waals surface area contributed by atoms with E-state index >= 15 is 0 Å². The molecule has 0 saturated heterocycles. The van der Waals surface area contributed by atoms with E-state index in [0.717, 1.165) is 50.3 Å². The first-order chi connectivity index (χ1) is 25.0. The number of para-hydroxylation sites is 2. The standard InChI is InChI=1S/C47H32N2O2/c1-47(2)38-19-8-6-16-35(38)37-27-42-43(28-39(37)47)50-41-21-11-18-34(45(41)51-42)32-14-10-15-33(26-32)46-48-40-20-9-7-17-36(40)44(49-46)31-24-22-30(23-25-31)29-12-4-3-5-13-29/h3-28H,1-2H3. The minimum atomic E-state index is -0.122. The Balaban J connectivity index is 1.03. The molecular weight excluding hydrogens is 625 g/mol. The third kappa shape index (κ3) is 4.75. The van der Waals surface area contributed by atoms with Crippen LogP contribution in [0.1, 0.15) is 25.0 Å². The Morgan fingerprint density at radius 2 is 1.10 bits per heavy atom. The average molecular weight is 657 g/mol. The van der Waals surface area contributed by atoms with Gasteiger partial charge in [0.25, 0.3) is 0 Å². The molecule has 10 rings (SSSR count). The van der Waals surface area contributed by atoms with Gasteiger partial charge in [-0.15, -0.1) is 0 Å². The first kappa shape index (κ1) is 29.4. The summed E-state index contributed by atoms with van der Waals surface area (Å²) in [5, 5.41) is 1.02. The second-order valence-electron chi connectivity index (χ2n) is 13.8. The van der Waals surface area contributed by atoms with Gasteiger partial charge in [-0.25, -0.2) is 9.97 Å². The smallest absolute Gasteiger partial charge is 0.177 e. The molecule has 4 heteroatoms. The Morgan fingerprint density at radius 3 is 1.98 bits per heavy atom. The zero-order valence-corrected chi connectivity index (χ0v) is 28.2. The molecule has 7 aromatic carbocycles. The number of hydrogen-bond acceptors (Lipinski definition) is 4. The second-order valence-corrected chi connectivity index (χ2v) is 13.8. The van der Waals surface area contributed by atoms with Gasteiger partial charge < -0.3 is 9.47 Å². The van der Waals surface area contributed by atoms with Crippen LogP contribution in [0.15, 0.2) is 158 Å². The number of hydrogen-bond donors (Lipinski definition) is 0. The van der Waals surface area contributed by atoms with Gasteiger partial charge in [0.05, 0.1) is 11.2 Å². The van der Waals surface area contributed by atoms with Crippen molar-refractivity contribution in [3.8, 4) is 79.0 Å². The third-order valence-corrected chi connectivity index (χ3v) is 10.4. The summed E-state index contributed by atoms with van der Waals surface area (Å²) in [4.78, 5) is 10.2. The van der Waals surface area contributed by atoms with E-state index in [0.29, 0.717) is 17.3 Å². The van der Waals surface area contributed by atoms with Crippen LogP contribution < -0.4 is 9.47 Å². The lowest BCUT2D eigenvalue weighted by atomic mass is 9.82. The van der Waals surface area contributed by atoms with Gasteiger partial charge in [0.1, 0.15) is 0 Å². The lowest BCUT2D eigenvalue weighted by molar-refractivity contribution is 0.360. The van der Waals surface area contributed by atoms with Gasteiger partial charge in [0.2, 0.25) is 0 Å². The molecule has 51 heavy (non-hydrogen) atoms. The molecule has 0 spiro atoms. The molecule has 0 unspecified atom stereocenters. The fourth-order valence-corrected chi connectivity index (χ4v) is 7.73. The zero-order chi connectivity index (χ0) is 34.1. The van der Waals surface area contributed by atoms with Crippen molar-refractivity contribution in [3.63, 3.8) is 0 Å². The van der Waals surface area contributed by atoms with Crippen molar-refractivity contribution in [1.82, 2.24) is 9.97 Å². The summed E-state index contributed by atoms with van der Waals surface area (Å²) in [5.74, 6) is 3.52. The predicted molar refractivity (Wildman–Crippen MR) is 205 cm³/mol. The molecule has 4 nitrogen and oxygen atoms in total. The van der Waals surface area contributed by atoms with Crippen molar-refractivity contribution in [3.05, 3.63) is 169 Å². The van der Waals surface area contributed by atoms with E-state index in [2.05, 4.69) is 141 Å². The van der Waals surface area contributed by atoms with E-state index < -0.39 is 0 Å². The van der Waals surface area contributed by atoms with E-state index in [1.54, 1.807) is 0 Å². The third-order valence-electron chi connectivity index (χ3n) is 10.4. The maximum atomic E-state index is 6.74. The van der Waals surface area contributed by atoms with E-state index in [9.17, 15) is 0 Å². The number of fused-ring (bicyclic) bond motifs is 6. The molecule has 0 saturated carbocycles. The minimum absolute atomic E-state index is 0.122. The van der Waals surface area contributed by atoms with E-state index in [-0.39, 0.29) is 5.41 Å². The number of ether oxygens (including phenoxy) is 2. The Kier molecular flexibility index (Phi) is 6.49. The molecule has 8 aromatic rings. The summed E-state index contributed by atoms with van der Waals surface area (Å²) in [5.41, 5.74) is 13.0. The average Bonchev–Trinajstić information content (AvgIpc) is 3.41. The summed E-state index contributed by atoms with van der Waals surface area (Å²) in [7, 11) is 0. The summed E-state index contributed by atoms with van der Waals surface area (Å²) < 4.78 is 13.3. The minimum Gasteiger partial charge on any atom is -0.449 e. The lowest BCUT2D eigenvalue weighted by Crippen LogP contribution is -2.15. The normalized spacial score (nSPS) is 13.4. The molecule has 1 aliphatic heterocycles. The summed E-state index contributed by atoms with van der Waals surface area (Å²) in [6, 6.07) is 54.7.